The SMILES string of the molecule is CCCCCCC/C=C\C/C=C\C/C=C\CCCCCCCCCCC(=O)OC(CO)COC(=O)CCCCCCCCCCCCCCCCCCCCCCCCCCCCCCCCCCCC. The zero-order chi connectivity index (χ0) is 51.3. The lowest BCUT2D eigenvalue weighted by atomic mass is 10.0. The normalized spacial score (nSPS) is 12.3. The zero-order valence-corrected chi connectivity index (χ0v) is 48.0. The zero-order valence-electron chi connectivity index (χ0n) is 48.0. The minimum atomic E-state index is -0.775. The Hall–Kier alpha value is -1.88. The molecule has 0 bridgehead atoms. The Labute approximate surface area is 444 Å². The first kappa shape index (κ1) is 69.1. The van der Waals surface area contributed by atoms with Crippen molar-refractivity contribution in [3.05, 3.63) is 36.5 Å². The Morgan fingerprint density at radius 1 is 0.324 bits per heavy atom. The summed E-state index contributed by atoms with van der Waals surface area (Å²) in [6, 6.07) is 0. The van der Waals surface area contributed by atoms with Crippen molar-refractivity contribution in [2.24, 2.45) is 0 Å². The first-order valence-corrected chi connectivity index (χ1v) is 32.0. The molecule has 0 aliphatic rings. The quantitative estimate of drug-likeness (QED) is 0.0373. The molecule has 0 heterocycles. The summed E-state index contributed by atoms with van der Waals surface area (Å²) < 4.78 is 10.7. The second kappa shape index (κ2) is 62.4. The molecule has 0 saturated carbocycles. The van der Waals surface area contributed by atoms with Gasteiger partial charge in [0.25, 0.3) is 0 Å². The van der Waals surface area contributed by atoms with Gasteiger partial charge >= 0.3 is 11.9 Å². The van der Waals surface area contributed by atoms with Crippen molar-refractivity contribution in [2.45, 2.75) is 360 Å². The summed E-state index contributed by atoms with van der Waals surface area (Å²) in [5.41, 5.74) is 0. The summed E-state index contributed by atoms with van der Waals surface area (Å²) in [4.78, 5) is 24.6. The van der Waals surface area contributed by atoms with Gasteiger partial charge in [0.05, 0.1) is 6.61 Å². The topological polar surface area (TPSA) is 72.8 Å². The summed E-state index contributed by atoms with van der Waals surface area (Å²) in [5, 5.41) is 9.67. The number of esters is 2. The van der Waals surface area contributed by atoms with Crippen LogP contribution < -0.4 is 0 Å². The highest BCUT2D eigenvalue weighted by molar-refractivity contribution is 5.70. The van der Waals surface area contributed by atoms with E-state index in [4.69, 9.17) is 9.47 Å². The molecule has 1 unspecified atom stereocenters. The van der Waals surface area contributed by atoms with Gasteiger partial charge in [-0.05, 0) is 51.4 Å². The Morgan fingerprint density at radius 2 is 0.563 bits per heavy atom. The lowest BCUT2D eigenvalue weighted by molar-refractivity contribution is -0.161. The third-order valence-electron chi connectivity index (χ3n) is 14.7. The van der Waals surface area contributed by atoms with Crippen molar-refractivity contribution in [1.82, 2.24) is 0 Å². The molecule has 0 radical (unpaired) electrons. The molecule has 418 valence electrons. The molecule has 1 atom stereocenters. The Morgan fingerprint density at radius 3 is 0.845 bits per heavy atom. The van der Waals surface area contributed by atoms with Crippen LogP contribution in [-0.4, -0.2) is 36.4 Å². The van der Waals surface area contributed by atoms with Crippen molar-refractivity contribution >= 4 is 11.9 Å². The highest BCUT2D eigenvalue weighted by atomic mass is 16.6. The molecule has 71 heavy (non-hydrogen) atoms. The molecule has 0 spiro atoms. The van der Waals surface area contributed by atoms with Crippen molar-refractivity contribution < 1.29 is 24.2 Å². The minimum absolute atomic E-state index is 0.0647. The molecule has 0 rings (SSSR count). The molecule has 0 fully saturated rings. The van der Waals surface area contributed by atoms with E-state index in [1.807, 2.05) is 0 Å². The van der Waals surface area contributed by atoms with Gasteiger partial charge < -0.3 is 14.6 Å². The maximum atomic E-state index is 12.3. The summed E-state index contributed by atoms with van der Waals surface area (Å²) in [5.74, 6) is -0.581. The van der Waals surface area contributed by atoms with E-state index in [1.54, 1.807) is 0 Å². The minimum Gasteiger partial charge on any atom is -0.462 e. The van der Waals surface area contributed by atoms with E-state index in [1.165, 1.54) is 276 Å². The number of unbranched alkanes of at least 4 members (excludes halogenated alkanes) is 46. The van der Waals surface area contributed by atoms with E-state index in [-0.39, 0.29) is 25.2 Å². The molecule has 0 amide bonds. The number of allylic oxidation sites excluding steroid dienone is 6. The fraction of sp³-hybridized carbons (Fsp3) is 0.879. The van der Waals surface area contributed by atoms with Gasteiger partial charge in [0.2, 0.25) is 0 Å². The summed E-state index contributed by atoms with van der Waals surface area (Å²) in [6.07, 6.45) is 81.6. The maximum absolute atomic E-state index is 12.3. The van der Waals surface area contributed by atoms with Crippen LogP contribution >= 0.6 is 0 Å². The lowest BCUT2D eigenvalue weighted by Gasteiger charge is -2.15. The lowest BCUT2D eigenvalue weighted by Crippen LogP contribution is -2.28. The van der Waals surface area contributed by atoms with Gasteiger partial charge in [0.1, 0.15) is 6.61 Å². The van der Waals surface area contributed by atoms with E-state index < -0.39 is 6.10 Å². The molecular formula is C66H124O5. The van der Waals surface area contributed by atoms with E-state index in [2.05, 4.69) is 50.3 Å². The molecule has 5 nitrogen and oxygen atoms in total. The number of carbonyl (C=O) groups excluding carboxylic acids is 2. The maximum Gasteiger partial charge on any atom is 0.306 e. The third-order valence-corrected chi connectivity index (χ3v) is 14.7. The van der Waals surface area contributed by atoms with E-state index in [9.17, 15) is 14.7 Å². The molecule has 5 heteroatoms. The second-order valence-electron chi connectivity index (χ2n) is 21.9. The Kier molecular flexibility index (Phi) is 60.8. The van der Waals surface area contributed by atoms with Gasteiger partial charge in [0.15, 0.2) is 6.10 Å². The van der Waals surface area contributed by atoms with Gasteiger partial charge in [-0.3, -0.25) is 9.59 Å². The predicted octanol–water partition coefficient (Wildman–Crippen LogP) is 21.8. The molecule has 0 aromatic carbocycles. The van der Waals surface area contributed by atoms with Crippen molar-refractivity contribution in [1.29, 1.82) is 0 Å². The Bertz CT molecular complexity index is 1130. The van der Waals surface area contributed by atoms with Crippen LogP contribution in [0.25, 0.3) is 0 Å². The molecule has 1 N–H and O–H groups in total. The molecule has 0 aromatic heterocycles. The highest BCUT2D eigenvalue weighted by Gasteiger charge is 2.16. The number of hydrogen-bond donors (Lipinski definition) is 1. The first-order valence-electron chi connectivity index (χ1n) is 32.0. The molecular weight excluding hydrogens is 873 g/mol. The number of rotatable bonds is 60. The van der Waals surface area contributed by atoms with Crippen molar-refractivity contribution in [2.75, 3.05) is 13.2 Å². The predicted molar refractivity (Wildman–Crippen MR) is 311 cm³/mol. The van der Waals surface area contributed by atoms with Gasteiger partial charge in [0, 0.05) is 12.8 Å². The van der Waals surface area contributed by atoms with E-state index in [0.717, 1.165) is 51.4 Å². The summed E-state index contributed by atoms with van der Waals surface area (Å²) >= 11 is 0. The monoisotopic (exact) mass is 997 g/mol. The smallest absolute Gasteiger partial charge is 0.306 e. The fourth-order valence-electron chi connectivity index (χ4n) is 9.86. The highest BCUT2D eigenvalue weighted by Crippen LogP contribution is 2.18. The van der Waals surface area contributed by atoms with Crippen LogP contribution in [0.2, 0.25) is 0 Å². The Balaban J connectivity index is 3.40. The standard InChI is InChI=1S/C66H124O5/c1-3-5-7-9-11-13-15-17-19-21-23-25-27-28-29-30-31-32-33-34-35-36-37-39-40-42-44-46-48-50-52-54-56-58-60-65(68)70-63-64(62-67)71-66(69)61-59-57-55-53-51-49-47-45-43-41-38-26-24-22-20-18-16-14-12-10-8-6-4-2/h16,18,22,24,38,41,64,67H,3-15,17,19-21,23,25-37,39-40,42-63H2,1-2H3/b18-16-,24-22-,41-38-. The van der Waals surface area contributed by atoms with Gasteiger partial charge in [-0.1, -0.05) is 326 Å². The van der Waals surface area contributed by atoms with Gasteiger partial charge in [-0.25, -0.2) is 0 Å². The molecule has 0 saturated heterocycles. The van der Waals surface area contributed by atoms with Crippen LogP contribution in [0.4, 0.5) is 0 Å². The molecule has 0 aliphatic carbocycles. The van der Waals surface area contributed by atoms with Crippen LogP contribution in [-0.2, 0) is 19.1 Å². The van der Waals surface area contributed by atoms with Crippen LogP contribution in [0.3, 0.4) is 0 Å². The fourth-order valence-corrected chi connectivity index (χ4v) is 9.86. The third kappa shape index (κ3) is 60.6. The molecule has 0 aromatic rings. The number of aliphatic hydroxyl groups excluding tert-OH is 1. The van der Waals surface area contributed by atoms with Crippen LogP contribution in [0, 0.1) is 0 Å². The number of aliphatic hydroxyl groups is 1. The summed E-state index contributed by atoms with van der Waals surface area (Å²) in [7, 11) is 0. The summed E-state index contributed by atoms with van der Waals surface area (Å²) in [6.45, 7) is 4.18. The van der Waals surface area contributed by atoms with E-state index in [0.29, 0.717) is 12.8 Å². The van der Waals surface area contributed by atoms with Crippen LogP contribution in [0.1, 0.15) is 354 Å². The number of hydrogen-bond acceptors (Lipinski definition) is 5. The largest absolute Gasteiger partial charge is 0.462 e. The first-order chi connectivity index (χ1) is 35.1. The number of ether oxygens (including phenoxy) is 2. The van der Waals surface area contributed by atoms with Gasteiger partial charge in [-0.2, -0.15) is 0 Å². The van der Waals surface area contributed by atoms with Crippen molar-refractivity contribution in [3.63, 3.8) is 0 Å². The van der Waals surface area contributed by atoms with Gasteiger partial charge in [-0.15, -0.1) is 0 Å². The van der Waals surface area contributed by atoms with Crippen molar-refractivity contribution in [3.8, 4) is 0 Å². The number of carbonyl (C=O) groups is 2. The van der Waals surface area contributed by atoms with Crippen LogP contribution in [0.5, 0.6) is 0 Å². The second-order valence-corrected chi connectivity index (χ2v) is 21.9. The van der Waals surface area contributed by atoms with E-state index >= 15 is 0 Å². The average Bonchev–Trinajstić information content (AvgIpc) is 3.37. The molecule has 0 aliphatic heterocycles. The average molecular weight is 998 g/mol. The van der Waals surface area contributed by atoms with Crippen LogP contribution in [0.15, 0.2) is 36.5 Å².